The number of hydrogen-bond acceptors (Lipinski definition) is 5. The third-order valence-corrected chi connectivity index (χ3v) is 5.34. The summed E-state index contributed by atoms with van der Waals surface area (Å²) in [6.45, 7) is 5.09. The number of aliphatic imine (C=N–C) groups is 1. The fourth-order valence-electron chi connectivity index (χ4n) is 3.80. The van der Waals surface area contributed by atoms with Crippen molar-refractivity contribution in [1.82, 2.24) is 9.88 Å². The molecule has 166 valence electrons. The Labute approximate surface area is 182 Å². The van der Waals surface area contributed by atoms with Gasteiger partial charge in [0.1, 0.15) is 5.82 Å². The van der Waals surface area contributed by atoms with Gasteiger partial charge in [0.25, 0.3) is 5.56 Å². The minimum Gasteiger partial charge on any atom is -0.394 e. The summed E-state index contributed by atoms with van der Waals surface area (Å²) in [6, 6.07) is 8.93. The van der Waals surface area contributed by atoms with Crippen LogP contribution in [0.1, 0.15) is 43.9 Å². The molecule has 1 aliphatic heterocycles. The molecule has 0 spiro atoms. The number of aromatic nitrogens is 1. The van der Waals surface area contributed by atoms with E-state index >= 15 is 0 Å². The molecule has 1 fully saturated rings. The maximum absolute atomic E-state index is 13.6. The van der Waals surface area contributed by atoms with Gasteiger partial charge in [-0.2, -0.15) is 0 Å². The predicted octanol–water partition coefficient (Wildman–Crippen LogP) is 3.05. The summed E-state index contributed by atoms with van der Waals surface area (Å²) < 4.78 is 20.4. The van der Waals surface area contributed by atoms with E-state index in [1.807, 2.05) is 26.0 Å². The van der Waals surface area contributed by atoms with Crippen LogP contribution in [0.5, 0.6) is 0 Å². The van der Waals surface area contributed by atoms with E-state index in [2.05, 4.69) is 5.32 Å². The molecule has 1 aromatic heterocycles. The summed E-state index contributed by atoms with van der Waals surface area (Å²) in [5.41, 5.74) is 1.64. The monoisotopic (exact) mass is 427 g/mol. The molecule has 0 saturated carbocycles. The predicted molar refractivity (Wildman–Crippen MR) is 120 cm³/mol. The summed E-state index contributed by atoms with van der Waals surface area (Å²) in [5.74, 6) is -0.408. The first-order chi connectivity index (χ1) is 15.0. The van der Waals surface area contributed by atoms with Crippen molar-refractivity contribution in [3.05, 3.63) is 82.0 Å². The standard InChI is InChI=1S/C24H30FN3O3/c1-3-5-22(27-17(2)26-21-9-12-31-13-10-21)18-8-11-28(24(30)15-18)23(16-29)19-6-4-7-20(25)14-19/h3-8,11,14-15,17,21,23,26,29H,9-10,12-13,16H2,1-2H3/b5-3-,27-22?. The lowest BCUT2D eigenvalue weighted by Crippen LogP contribution is -2.39. The van der Waals surface area contributed by atoms with Crippen LogP contribution in [0.4, 0.5) is 4.39 Å². The van der Waals surface area contributed by atoms with E-state index in [0.717, 1.165) is 26.1 Å². The molecule has 0 bridgehead atoms. The second-order valence-electron chi connectivity index (χ2n) is 7.66. The Morgan fingerprint density at radius 2 is 2.13 bits per heavy atom. The molecular weight excluding hydrogens is 397 g/mol. The van der Waals surface area contributed by atoms with Gasteiger partial charge < -0.3 is 14.4 Å². The highest BCUT2D eigenvalue weighted by atomic mass is 19.1. The van der Waals surface area contributed by atoms with E-state index in [-0.39, 0.29) is 18.3 Å². The Morgan fingerprint density at radius 3 is 2.77 bits per heavy atom. The minimum atomic E-state index is -0.659. The number of pyridine rings is 1. The number of nitrogens with one attached hydrogen (secondary N) is 1. The quantitative estimate of drug-likeness (QED) is 0.635. The number of allylic oxidation sites excluding steroid dienone is 2. The minimum absolute atomic E-state index is 0.116. The molecule has 0 amide bonds. The Kier molecular flexibility index (Phi) is 8.28. The zero-order valence-corrected chi connectivity index (χ0v) is 18.0. The number of hydrogen-bond donors (Lipinski definition) is 2. The van der Waals surface area contributed by atoms with E-state index in [4.69, 9.17) is 9.73 Å². The third-order valence-electron chi connectivity index (χ3n) is 5.34. The molecule has 2 unspecified atom stereocenters. The van der Waals surface area contributed by atoms with Crippen LogP contribution in [0.2, 0.25) is 0 Å². The lowest BCUT2D eigenvalue weighted by atomic mass is 10.1. The number of ether oxygens (including phenoxy) is 1. The average Bonchev–Trinajstić information content (AvgIpc) is 2.76. The molecule has 0 radical (unpaired) electrons. The van der Waals surface area contributed by atoms with Crippen molar-refractivity contribution in [2.75, 3.05) is 19.8 Å². The zero-order chi connectivity index (χ0) is 22.2. The summed E-state index contributed by atoms with van der Waals surface area (Å²) in [7, 11) is 0. The van der Waals surface area contributed by atoms with Crippen LogP contribution in [0.3, 0.4) is 0 Å². The van der Waals surface area contributed by atoms with E-state index in [1.165, 1.54) is 22.8 Å². The Balaban J connectivity index is 1.85. The first kappa shape index (κ1) is 23.1. The van der Waals surface area contributed by atoms with Crippen molar-refractivity contribution in [1.29, 1.82) is 0 Å². The molecule has 2 aromatic rings. The van der Waals surface area contributed by atoms with Crippen LogP contribution >= 0.6 is 0 Å². The van der Waals surface area contributed by atoms with Crippen LogP contribution in [0.25, 0.3) is 0 Å². The van der Waals surface area contributed by atoms with Crippen molar-refractivity contribution in [3.63, 3.8) is 0 Å². The fraction of sp³-hybridized carbons (Fsp3) is 0.417. The van der Waals surface area contributed by atoms with Gasteiger partial charge in [0.2, 0.25) is 0 Å². The first-order valence-electron chi connectivity index (χ1n) is 10.6. The maximum atomic E-state index is 13.6. The Hall–Kier alpha value is -2.61. The molecule has 2 heterocycles. The largest absolute Gasteiger partial charge is 0.394 e. The number of benzene rings is 1. The summed E-state index contributed by atoms with van der Waals surface area (Å²) >= 11 is 0. The van der Waals surface area contributed by atoms with Crippen molar-refractivity contribution >= 4 is 5.71 Å². The SMILES string of the molecule is C/C=C\C(=NC(C)NC1CCOCC1)c1ccn(C(CO)c2cccc(F)c2)c(=O)c1. The fourth-order valence-corrected chi connectivity index (χ4v) is 3.80. The highest BCUT2D eigenvalue weighted by Gasteiger charge is 2.17. The molecule has 0 aliphatic carbocycles. The molecule has 31 heavy (non-hydrogen) atoms. The zero-order valence-electron chi connectivity index (χ0n) is 18.0. The smallest absolute Gasteiger partial charge is 0.251 e. The number of aliphatic hydroxyl groups excluding tert-OH is 1. The average molecular weight is 428 g/mol. The maximum Gasteiger partial charge on any atom is 0.251 e. The molecular formula is C24H30FN3O3. The van der Waals surface area contributed by atoms with Crippen LogP contribution in [-0.4, -0.2) is 47.4 Å². The Bertz CT molecular complexity index is 980. The molecule has 6 nitrogen and oxygen atoms in total. The molecule has 3 rings (SSSR count). The summed E-state index contributed by atoms with van der Waals surface area (Å²) in [4.78, 5) is 17.6. The Morgan fingerprint density at radius 1 is 1.35 bits per heavy atom. The number of rotatable bonds is 8. The second-order valence-corrected chi connectivity index (χ2v) is 7.66. The molecule has 2 N–H and O–H groups in total. The number of halogens is 1. The molecule has 1 aromatic carbocycles. The molecule has 2 atom stereocenters. The van der Waals surface area contributed by atoms with E-state index in [9.17, 15) is 14.3 Å². The molecule has 7 heteroatoms. The normalized spacial score (nSPS) is 17.7. The number of nitrogens with zero attached hydrogens (tertiary/aromatic N) is 2. The first-order valence-corrected chi connectivity index (χ1v) is 10.6. The van der Waals surface area contributed by atoms with E-state index in [1.54, 1.807) is 24.4 Å². The van der Waals surface area contributed by atoms with Crippen LogP contribution in [-0.2, 0) is 4.74 Å². The van der Waals surface area contributed by atoms with Crippen LogP contribution in [0.15, 0.2) is 64.5 Å². The van der Waals surface area contributed by atoms with E-state index < -0.39 is 11.9 Å². The van der Waals surface area contributed by atoms with Gasteiger partial charge in [-0.25, -0.2) is 4.39 Å². The van der Waals surface area contributed by atoms with Gasteiger partial charge in [0, 0.05) is 37.1 Å². The third kappa shape index (κ3) is 6.19. The van der Waals surface area contributed by atoms with Gasteiger partial charge in [-0.3, -0.25) is 15.1 Å². The summed E-state index contributed by atoms with van der Waals surface area (Å²) in [6.07, 6.45) is 7.18. The van der Waals surface area contributed by atoms with Gasteiger partial charge in [0.05, 0.1) is 24.5 Å². The second kappa shape index (κ2) is 11.1. The summed E-state index contributed by atoms with van der Waals surface area (Å²) in [5, 5.41) is 13.4. The number of aliphatic hydroxyl groups is 1. The van der Waals surface area contributed by atoms with Crippen LogP contribution < -0.4 is 10.9 Å². The van der Waals surface area contributed by atoms with Gasteiger partial charge in [-0.05, 0) is 56.5 Å². The lowest BCUT2D eigenvalue weighted by molar-refractivity contribution is 0.0757. The van der Waals surface area contributed by atoms with Crippen molar-refractivity contribution in [3.8, 4) is 0 Å². The van der Waals surface area contributed by atoms with Crippen LogP contribution in [0, 0.1) is 5.82 Å². The highest BCUT2D eigenvalue weighted by Crippen LogP contribution is 2.18. The van der Waals surface area contributed by atoms with Gasteiger partial charge in [-0.1, -0.05) is 18.2 Å². The van der Waals surface area contributed by atoms with E-state index in [0.29, 0.717) is 22.9 Å². The van der Waals surface area contributed by atoms with Crippen molar-refractivity contribution in [2.24, 2.45) is 4.99 Å². The lowest BCUT2D eigenvalue weighted by Gasteiger charge is -2.25. The molecule has 1 aliphatic rings. The van der Waals surface area contributed by atoms with Gasteiger partial charge in [-0.15, -0.1) is 0 Å². The highest BCUT2D eigenvalue weighted by molar-refractivity contribution is 6.08. The van der Waals surface area contributed by atoms with Crippen molar-refractivity contribution < 1.29 is 14.2 Å². The van der Waals surface area contributed by atoms with Crippen molar-refractivity contribution in [2.45, 2.75) is 44.9 Å². The topological polar surface area (TPSA) is 75.8 Å². The van der Waals surface area contributed by atoms with Gasteiger partial charge >= 0.3 is 0 Å². The van der Waals surface area contributed by atoms with Gasteiger partial charge in [0.15, 0.2) is 0 Å². The molecule has 1 saturated heterocycles.